The zero-order valence-corrected chi connectivity index (χ0v) is 12.2. The molecule has 1 saturated heterocycles. The minimum atomic E-state index is -0.0238. The van der Waals surface area contributed by atoms with Crippen LogP contribution in [-0.4, -0.2) is 45.6 Å². The molecule has 18 heavy (non-hydrogen) atoms. The molecule has 0 saturated carbocycles. The number of hydrogen-bond acceptors (Lipinski definition) is 5. The summed E-state index contributed by atoms with van der Waals surface area (Å²) in [5, 5.41) is 7.48. The molecular formula is C12H20N4OS. The van der Waals surface area contributed by atoms with Crippen LogP contribution in [0.25, 0.3) is 0 Å². The Balaban J connectivity index is 2.18. The molecule has 1 N–H and O–H groups in total. The summed E-state index contributed by atoms with van der Waals surface area (Å²) in [5.74, 6) is 0.307. The van der Waals surface area contributed by atoms with Crippen LogP contribution in [0.4, 0.5) is 0 Å². The standard InChI is InChI=1S/C12H20N4OS/c1-8(2)9-10(18-15-14-9)11(17)16-6-5-13-12(3,4)7-16/h8,13H,5-7H2,1-4H3. The lowest BCUT2D eigenvalue weighted by atomic mass is 10.0. The van der Waals surface area contributed by atoms with E-state index in [1.807, 2.05) is 18.7 Å². The Labute approximate surface area is 112 Å². The van der Waals surface area contributed by atoms with Gasteiger partial charge in [0.1, 0.15) is 4.88 Å². The predicted octanol–water partition coefficient (Wildman–Crippen LogP) is 1.49. The Hall–Kier alpha value is -1.01. The van der Waals surface area contributed by atoms with Gasteiger partial charge in [-0.25, -0.2) is 0 Å². The number of aromatic nitrogens is 2. The molecule has 2 rings (SSSR count). The third-order valence-electron chi connectivity index (χ3n) is 3.11. The largest absolute Gasteiger partial charge is 0.335 e. The van der Waals surface area contributed by atoms with Gasteiger partial charge < -0.3 is 10.2 Å². The van der Waals surface area contributed by atoms with Gasteiger partial charge in [0.2, 0.25) is 0 Å². The number of hydrogen-bond donors (Lipinski definition) is 1. The number of carbonyl (C=O) groups is 1. The van der Waals surface area contributed by atoms with Gasteiger partial charge in [0.25, 0.3) is 5.91 Å². The second-order valence-electron chi connectivity index (χ2n) is 5.68. The van der Waals surface area contributed by atoms with Crippen LogP contribution in [0.3, 0.4) is 0 Å². The second kappa shape index (κ2) is 4.93. The Morgan fingerprint density at radius 1 is 1.50 bits per heavy atom. The average Bonchev–Trinajstić information content (AvgIpc) is 2.75. The SMILES string of the molecule is CC(C)c1nnsc1C(=O)N1CCNC(C)(C)C1. The molecule has 5 nitrogen and oxygen atoms in total. The lowest BCUT2D eigenvalue weighted by Gasteiger charge is -2.39. The Bertz CT molecular complexity index is 441. The number of rotatable bonds is 2. The van der Waals surface area contributed by atoms with E-state index < -0.39 is 0 Å². The molecule has 0 radical (unpaired) electrons. The van der Waals surface area contributed by atoms with Crippen LogP contribution in [0.1, 0.15) is 49.0 Å². The van der Waals surface area contributed by atoms with E-state index in [9.17, 15) is 4.79 Å². The molecule has 0 atom stereocenters. The third kappa shape index (κ3) is 2.70. The molecule has 2 heterocycles. The number of amides is 1. The van der Waals surface area contributed by atoms with Crippen LogP contribution in [0.2, 0.25) is 0 Å². The summed E-state index contributed by atoms with van der Waals surface area (Å²) in [7, 11) is 0. The Morgan fingerprint density at radius 2 is 2.22 bits per heavy atom. The van der Waals surface area contributed by atoms with Crippen molar-refractivity contribution in [2.24, 2.45) is 0 Å². The first-order valence-corrected chi connectivity index (χ1v) is 7.04. The van der Waals surface area contributed by atoms with Gasteiger partial charge in [-0.05, 0) is 31.3 Å². The van der Waals surface area contributed by atoms with Gasteiger partial charge in [0, 0.05) is 25.2 Å². The van der Waals surface area contributed by atoms with E-state index in [0.717, 1.165) is 25.3 Å². The number of piperazine rings is 1. The number of nitrogens with zero attached hydrogens (tertiary/aromatic N) is 3. The molecular weight excluding hydrogens is 248 g/mol. The number of carbonyl (C=O) groups excluding carboxylic acids is 1. The van der Waals surface area contributed by atoms with Gasteiger partial charge in [-0.15, -0.1) is 5.10 Å². The smallest absolute Gasteiger partial charge is 0.267 e. The van der Waals surface area contributed by atoms with Crippen LogP contribution in [-0.2, 0) is 0 Å². The minimum Gasteiger partial charge on any atom is -0.335 e. The first-order valence-electron chi connectivity index (χ1n) is 6.27. The molecule has 0 spiro atoms. The molecule has 0 bridgehead atoms. The second-order valence-corrected chi connectivity index (χ2v) is 6.43. The maximum absolute atomic E-state index is 12.5. The van der Waals surface area contributed by atoms with Crippen LogP contribution < -0.4 is 5.32 Å². The number of nitrogens with one attached hydrogen (secondary N) is 1. The Morgan fingerprint density at radius 3 is 2.83 bits per heavy atom. The fourth-order valence-corrected chi connectivity index (χ4v) is 2.97. The van der Waals surface area contributed by atoms with Crippen LogP contribution in [0, 0.1) is 0 Å². The highest BCUT2D eigenvalue weighted by Crippen LogP contribution is 2.22. The summed E-state index contributed by atoms with van der Waals surface area (Å²) in [6, 6.07) is 0. The maximum atomic E-state index is 12.5. The van der Waals surface area contributed by atoms with E-state index in [2.05, 4.69) is 28.8 Å². The lowest BCUT2D eigenvalue weighted by molar-refractivity contribution is 0.0655. The summed E-state index contributed by atoms with van der Waals surface area (Å²) in [6.07, 6.45) is 0. The zero-order chi connectivity index (χ0) is 13.3. The van der Waals surface area contributed by atoms with Crippen molar-refractivity contribution in [3.63, 3.8) is 0 Å². The highest BCUT2D eigenvalue weighted by atomic mass is 32.1. The molecule has 1 aromatic rings. The van der Waals surface area contributed by atoms with Crippen molar-refractivity contribution in [2.75, 3.05) is 19.6 Å². The van der Waals surface area contributed by atoms with Crippen LogP contribution in [0.5, 0.6) is 0 Å². The van der Waals surface area contributed by atoms with Gasteiger partial charge in [-0.1, -0.05) is 18.3 Å². The highest BCUT2D eigenvalue weighted by molar-refractivity contribution is 7.08. The monoisotopic (exact) mass is 268 g/mol. The van der Waals surface area contributed by atoms with Crippen molar-refractivity contribution in [1.82, 2.24) is 19.8 Å². The predicted molar refractivity (Wildman–Crippen MR) is 72.0 cm³/mol. The van der Waals surface area contributed by atoms with Crippen molar-refractivity contribution in [1.29, 1.82) is 0 Å². The third-order valence-corrected chi connectivity index (χ3v) is 3.84. The molecule has 1 aromatic heterocycles. The van der Waals surface area contributed by atoms with E-state index in [1.165, 1.54) is 11.5 Å². The van der Waals surface area contributed by atoms with Crippen LogP contribution in [0.15, 0.2) is 0 Å². The molecule has 1 amide bonds. The van der Waals surface area contributed by atoms with E-state index in [0.29, 0.717) is 4.88 Å². The summed E-state index contributed by atoms with van der Waals surface area (Å²) in [6.45, 7) is 10.6. The van der Waals surface area contributed by atoms with Gasteiger partial charge in [0.15, 0.2) is 0 Å². The first kappa shape index (κ1) is 13.4. The van der Waals surface area contributed by atoms with E-state index in [4.69, 9.17) is 0 Å². The van der Waals surface area contributed by atoms with Gasteiger partial charge in [0.05, 0.1) is 5.69 Å². The molecule has 6 heteroatoms. The first-order chi connectivity index (χ1) is 8.41. The molecule has 100 valence electrons. The fourth-order valence-electron chi connectivity index (χ4n) is 2.18. The molecule has 0 aromatic carbocycles. The zero-order valence-electron chi connectivity index (χ0n) is 11.4. The minimum absolute atomic E-state index is 0.0238. The Kier molecular flexibility index (Phi) is 3.68. The van der Waals surface area contributed by atoms with Crippen LogP contribution >= 0.6 is 11.5 Å². The summed E-state index contributed by atoms with van der Waals surface area (Å²) >= 11 is 1.21. The van der Waals surface area contributed by atoms with E-state index >= 15 is 0 Å². The summed E-state index contributed by atoms with van der Waals surface area (Å²) in [4.78, 5) is 15.1. The van der Waals surface area contributed by atoms with E-state index in [-0.39, 0.29) is 17.4 Å². The van der Waals surface area contributed by atoms with Gasteiger partial charge in [-0.2, -0.15) is 0 Å². The fraction of sp³-hybridized carbons (Fsp3) is 0.750. The van der Waals surface area contributed by atoms with Crippen molar-refractivity contribution >= 4 is 17.4 Å². The average molecular weight is 268 g/mol. The van der Waals surface area contributed by atoms with Crippen molar-refractivity contribution < 1.29 is 4.79 Å². The van der Waals surface area contributed by atoms with Gasteiger partial charge >= 0.3 is 0 Å². The molecule has 1 aliphatic rings. The molecule has 0 unspecified atom stereocenters. The maximum Gasteiger partial charge on any atom is 0.267 e. The molecule has 1 aliphatic heterocycles. The topological polar surface area (TPSA) is 58.1 Å². The van der Waals surface area contributed by atoms with E-state index in [1.54, 1.807) is 0 Å². The quantitative estimate of drug-likeness (QED) is 0.883. The van der Waals surface area contributed by atoms with Crippen molar-refractivity contribution in [2.45, 2.75) is 39.2 Å². The molecule has 0 aliphatic carbocycles. The summed E-state index contributed by atoms with van der Waals surface area (Å²) in [5.41, 5.74) is 0.797. The summed E-state index contributed by atoms with van der Waals surface area (Å²) < 4.78 is 3.92. The molecule has 1 fully saturated rings. The van der Waals surface area contributed by atoms with Gasteiger partial charge in [-0.3, -0.25) is 4.79 Å². The normalized spacial score (nSPS) is 19.3. The van der Waals surface area contributed by atoms with Crippen molar-refractivity contribution in [3.05, 3.63) is 10.6 Å². The lowest BCUT2D eigenvalue weighted by Crippen LogP contribution is -2.58. The van der Waals surface area contributed by atoms with Crippen molar-refractivity contribution in [3.8, 4) is 0 Å². The highest BCUT2D eigenvalue weighted by Gasteiger charge is 2.31.